The monoisotopic (exact) mass is 226 g/mol. The van der Waals surface area contributed by atoms with Crippen molar-refractivity contribution in [3.63, 3.8) is 0 Å². The first-order valence-electron chi connectivity index (χ1n) is 4.33. The van der Waals surface area contributed by atoms with Crippen molar-refractivity contribution in [1.29, 1.82) is 5.26 Å². The average molecular weight is 226 g/mol. The fraction of sp³-hybridized carbons (Fsp3) is 0.400. The third-order valence-corrected chi connectivity index (χ3v) is 2.04. The lowest BCUT2D eigenvalue weighted by atomic mass is 10.2. The fourth-order valence-corrected chi connectivity index (χ4v) is 0.781. The molecule has 0 aliphatic rings. The molecule has 6 heteroatoms. The number of ether oxygens (including phenoxy) is 2. The Kier molecular flexibility index (Phi) is 5.22. The molecule has 0 aliphatic carbocycles. The summed E-state index contributed by atoms with van der Waals surface area (Å²) >= 11 is 0. The van der Waals surface area contributed by atoms with Crippen molar-refractivity contribution in [2.75, 3.05) is 14.2 Å². The molecular formula is C10H14N2O4. The Bertz CT molecular complexity index is 362. The third-order valence-electron chi connectivity index (χ3n) is 2.04. The highest BCUT2D eigenvalue weighted by Gasteiger charge is 2.27. The van der Waals surface area contributed by atoms with E-state index >= 15 is 0 Å². The molecule has 0 heterocycles. The van der Waals surface area contributed by atoms with Crippen LogP contribution in [-0.2, 0) is 14.3 Å². The lowest BCUT2D eigenvalue weighted by Crippen LogP contribution is -2.32. The number of amides is 1. The highest BCUT2D eigenvalue weighted by atomic mass is 16.7. The smallest absolute Gasteiger partial charge is 0.259 e. The number of carbonyl (C=O) groups is 1. The molecule has 0 atom stereocenters. The van der Waals surface area contributed by atoms with Crippen LogP contribution in [0.1, 0.15) is 6.92 Å². The van der Waals surface area contributed by atoms with E-state index in [9.17, 15) is 9.90 Å². The van der Waals surface area contributed by atoms with Gasteiger partial charge in [-0.3, -0.25) is 4.79 Å². The van der Waals surface area contributed by atoms with E-state index in [0.29, 0.717) is 0 Å². The normalized spacial score (nSPS) is 13.4. The molecular weight excluding hydrogens is 212 g/mol. The largest absolute Gasteiger partial charge is 0.507 e. The number of aliphatic hydroxyl groups excluding tert-OH is 1. The summed E-state index contributed by atoms with van der Waals surface area (Å²) in [4.78, 5) is 10.7. The maximum absolute atomic E-state index is 10.7. The maximum atomic E-state index is 10.7. The van der Waals surface area contributed by atoms with Gasteiger partial charge in [-0.25, -0.2) is 0 Å². The maximum Gasteiger partial charge on any atom is 0.259 e. The van der Waals surface area contributed by atoms with E-state index in [4.69, 9.17) is 20.5 Å². The summed E-state index contributed by atoms with van der Waals surface area (Å²) in [6.45, 7) is 1.48. The molecule has 0 spiro atoms. The van der Waals surface area contributed by atoms with Gasteiger partial charge in [-0.2, -0.15) is 5.26 Å². The number of primary amides is 1. The summed E-state index contributed by atoms with van der Waals surface area (Å²) in [7, 11) is 2.69. The van der Waals surface area contributed by atoms with Crippen LogP contribution in [-0.4, -0.2) is 31.0 Å². The molecule has 1 amide bonds. The van der Waals surface area contributed by atoms with Crippen molar-refractivity contribution < 1.29 is 19.4 Å². The molecule has 0 saturated carbocycles. The molecule has 0 aromatic rings. The number of carbonyl (C=O) groups excluding carboxylic acids is 1. The first-order chi connectivity index (χ1) is 7.41. The van der Waals surface area contributed by atoms with Crippen molar-refractivity contribution in [1.82, 2.24) is 0 Å². The molecule has 0 aliphatic heterocycles. The molecule has 0 fully saturated rings. The van der Waals surface area contributed by atoms with Crippen LogP contribution < -0.4 is 5.73 Å². The van der Waals surface area contributed by atoms with E-state index in [1.54, 1.807) is 6.07 Å². The molecule has 0 radical (unpaired) electrons. The van der Waals surface area contributed by atoms with Gasteiger partial charge in [-0.1, -0.05) is 0 Å². The molecule has 0 rings (SSSR count). The Balaban J connectivity index is 5.07. The van der Waals surface area contributed by atoms with Gasteiger partial charge in [0.05, 0.1) is 0 Å². The number of aliphatic hydroxyl groups is 1. The van der Waals surface area contributed by atoms with Gasteiger partial charge in [0, 0.05) is 14.2 Å². The second-order valence-electron chi connectivity index (χ2n) is 2.96. The highest BCUT2D eigenvalue weighted by Crippen LogP contribution is 2.18. The van der Waals surface area contributed by atoms with Crippen molar-refractivity contribution >= 4 is 5.91 Å². The van der Waals surface area contributed by atoms with Crippen molar-refractivity contribution in [2.45, 2.75) is 12.7 Å². The zero-order valence-corrected chi connectivity index (χ0v) is 9.35. The lowest BCUT2D eigenvalue weighted by molar-refractivity contribution is -0.183. The Morgan fingerprint density at radius 1 is 1.44 bits per heavy atom. The highest BCUT2D eigenvalue weighted by molar-refractivity contribution is 5.96. The van der Waals surface area contributed by atoms with Crippen LogP contribution in [0.25, 0.3) is 0 Å². The summed E-state index contributed by atoms with van der Waals surface area (Å²) in [6, 6.07) is 1.59. The number of allylic oxidation sites excluding steroid dienone is 2. The lowest BCUT2D eigenvalue weighted by Gasteiger charge is -2.24. The first kappa shape index (κ1) is 14.2. The van der Waals surface area contributed by atoms with E-state index in [1.807, 2.05) is 0 Å². The molecule has 0 aromatic carbocycles. The first-order valence-corrected chi connectivity index (χ1v) is 4.33. The summed E-state index contributed by atoms with van der Waals surface area (Å²) in [5.41, 5.74) is 4.63. The van der Waals surface area contributed by atoms with E-state index < -0.39 is 11.7 Å². The summed E-state index contributed by atoms with van der Waals surface area (Å²) in [5.74, 6) is -2.48. The standard InChI is InChI=1S/C10H14N2O4/c1-10(15-2,16-3)8(13)5-4-7(6-11)9(12)14/h4-5,13H,1-3H3,(H2,12,14)/b7-4-,8-5-. The van der Waals surface area contributed by atoms with Gasteiger partial charge in [0.1, 0.15) is 11.6 Å². The number of hydrogen-bond acceptors (Lipinski definition) is 5. The number of nitrogens with two attached hydrogens (primary N) is 1. The van der Waals surface area contributed by atoms with Gasteiger partial charge in [0.2, 0.25) is 5.79 Å². The quantitative estimate of drug-likeness (QED) is 0.232. The molecule has 0 unspecified atom stereocenters. The zero-order chi connectivity index (χ0) is 12.8. The van der Waals surface area contributed by atoms with Crippen LogP contribution in [0.2, 0.25) is 0 Å². The van der Waals surface area contributed by atoms with Crippen LogP contribution in [0.4, 0.5) is 0 Å². The van der Waals surface area contributed by atoms with Crippen LogP contribution >= 0.6 is 0 Å². The molecule has 3 N–H and O–H groups in total. The van der Waals surface area contributed by atoms with E-state index in [0.717, 1.165) is 12.2 Å². The Morgan fingerprint density at radius 3 is 2.25 bits per heavy atom. The zero-order valence-electron chi connectivity index (χ0n) is 9.35. The Morgan fingerprint density at radius 2 is 1.94 bits per heavy atom. The molecule has 0 aromatic heterocycles. The third kappa shape index (κ3) is 3.38. The van der Waals surface area contributed by atoms with E-state index in [-0.39, 0.29) is 11.3 Å². The van der Waals surface area contributed by atoms with Gasteiger partial charge >= 0.3 is 0 Å². The van der Waals surface area contributed by atoms with Crippen LogP contribution in [0, 0.1) is 11.3 Å². The van der Waals surface area contributed by atoms with Crippen LogP contribution in [0.5, 0.6) is 0 Å². The number of hydrogen-bond donors (Lipinski definition) is 2. The van der Waals surface area contributed by atoms with Gasteiger partial charge < -0.3 is 20.3 Å². The fourth-order valence-electron chi connectivity index (χ4n) is 0.781. The number of nitriles is 1. The van der Waals surface area contributed by atoms with Crippen molar-refractivity contribution in [3.8, 4) is 6.07 Å². The summed E-state index contributed by atoms with van der Waals surface area (Å²) in [6.07, 6.45) is 2.21. The molecule has 16 heavy (non-hydrogen) atoms. The van der Waals surface area contributed by atoms with Crippen LogP contribution in [0.15, 0.2) is 23.5 Å². The van der Waals surface area contributed by atoms with Crippen molar-refractivity contribution in [2.24, 2.45) is 5.73 Å². The number of rotatable bonds is 5. The molecule has 0 bridgehead atoms. The summed E-state index contributed by atoms with van der Waals surface area (Å²) in [5, 5.41) is 18.1. The second-order valence-corrected chi connectivity index (χ2v) is 2.96. The van der Waals surface area contributed by atoms with Crippen molar-refractivity contribution in [3.05, 3.63) is 23.5 Å². The predicted octanol–water partition coefficient (Wildman–Crippen LogP) is 0.373. The van der Waals surface area contributed by atoms with Crippen LogP contribution in [0.3, 0.4) is 0 Å². The molecule has 0 saturated heterocycles. The second kappa shape index (κ2) is 5.90. The Hall–Kier alpha value is -1.84. The molecule has 88 valence electrons. The van der Waals surface area contributed by atoms with E-state index in [2.05, 4.69) is 0 Å². The minimum atomic E-state index is -1.32. The topological polar surface area (TPSA) is 106 Å². The SMILES string of the molecule is COC(C)(OC)/C(O)=C/C=C(/C#N)C(N)=O. The van der Waals surface area contributed by atoms with E-state index in [1.165, 1.54) is 21.1 Å². The minimum Gasteiger partial charge on any atom is -0.507 e. The number of methoxy groups -OCH3 is 2. The van der Waals surface area contributed by atoms with Gasteiger partial charge in [0.15, 0.2) is 5.76 Å². The summed E-state index contributed by atoms with van der Waals surface area (Å²) < 4.78 is 9.81. The Labute approximate surface area is 93.6 Å². The predicted molar refractivity (Wildman–Crippen MR) is 56.0 cm³/mol. The van der Waals surface area contributed by atoms with Gasteiger partial charge in [-0.15, -0.1) is 0 Å². The van der Waals surface area contributed by atoms with Gasteiger partial charge in [-0.05, 0) is 19.1 Å². The molecule has 6 nitrogen and oxygen atoms in total. The van der Waals surface area contributed by atoms with Gasteiger partial charge in [0.25, 0.3) is 5.91 Å². The average Bonchev–Trinajstić information content (AvgIpc) is 2.28. The number of nitrogens with zero attached hydrogens (tertiary/aromatic N) is 1. The minimum absolute atomic E-state index is 0.277.